The minimum absolute atomic E-state index is 0.336. The van der Waals surface area contributed by atoms with Crippen molar-refractivity contribution in [2.75, 3.05) is 6.54 Å². The Kier molecular flexibility index (Phi) is 2.68. The molecule has 2 heterocycles. The number of fused-ring (bicyclic) bond motifs is 1. The Morgan fingerprint density at radius 2 is 2.33 bits per heavy atom. The molecule has 0 radical (unpaired) electrons. The number of rotatable bonds is 3. The first-order valence-electron chi connectivity index (χ1n) is 5.24. The lowest BCUT2D eigenvalue weighted by Crippen LogP contribution is -2.15. The van der Waals surface area contributed by atoms with Crippen molar-refractivity contribution in [1.82, 2.24) is 14.5 Å². The van der Waals surface area contributed by atoms with Crippen molar-refractivity contribution >= 4 is 11.0 Å². The average Bonchev–Trinajstić information content (AvgIpc) is 2.60. The molecule has 0 spiro atoms. The van der Waals surface area contributed by atoms with E-state index in [1.54, 1.807) is 6.20 Å². The van der Waals surface area contributed by atoms with Gasteiger partial charge in [-0.05, 0) is 12.5 Å². The minimum atomic E-state index is 0.336. The molecule has 0 aliphatic carbocycles. The van der Waals surface area contributed by atoms with E-state index < -0.39 is 0 Å². The number of imidazole rings is 1. The Morgan fingerprint density at radius 3 is 2.93 bits per heavy atom. The number of hydrogen-bond donors (Lipinski definition) is 1. The third-order valence-electron chi connectivity index (χ3n) is 2.86. The maximum atomic E-state index is 5.74. The first kappa shape index (κ1) is 10.1. The van der Waals surface area contributed by atoms with Gasteiger partial charge in [0.15, 0.2) is 0 Å². The predicted octanol–water partition coefficient (Wildman–Crippen LogP) is 1.42. The summed E-state index contributed by atoms with van der Waals surface area (Å²) in [7, 11) is 2.02. The van der Waals surface area contributed by atoms with Crippen molar-refractivity contribution in [1.29, 1.82) is 0 Å². The lowest BCUT2D eigenvalue weighted by molar-refractivity contribution is 0.608. The van der Waals surface area contributed by atoms with Crippen LogP contribution in [0.5, 0.6) is 0 Å². The number of pyridine rings is 1. The number of nitrogens with zero attached hydrogens (tertiary/aromatic N) is 3. The van der Waals surface area contributed by atoms with Gasteiger partial charge < -0.3 is 10.3 Å². The number of aryl methyl sites for hydroxylation is 1. The largest absolute Gasteiger partial charge is 0.330 e. The van der Waals surface area contributed by atoms with Gasteiger partial charge in [0.25, 0.3) is 0 Å². The van der Waals surface area contributed by atoms with Gasteiger partial charge in [0, 0.05) is 25.7 Å². The quantitative estimate of drug-likeness (QED) is 0.822. The summed E-state index contributed by atoms with van der Waals surface area (Å²) >= 11 is 0. The van der Waals surface area contributed by atoms with Crippen molar-refractivity contribution < 1.29 is 0 Å². The molecule has 0 fully saturated rings. The van der Waals surface area contributed by atoms with E-state index in [1.165, 1.54) is 0 Å². The van der Waals surface area contributed by atoms with Gasteiger partial charge in [-0.3, -0.25) is 4.98 Å². The molecule has 15 heavy (non-hydrogen) atoms. The van der Waals surface area contributed by atoms with Crippen molar-refractivity contribution in [2.24, 2.45) is 12.8 Å². The highest BCUT2D eigenvalue weighted by Gasteiger charge is 2.15. The maximum absolute atomic E-state index is 5.74. The Labute approximate surface area is 89.1 Å². The second-order valence-corrected chi connectivity index (χ2v) is 3.73. The van der Waals surface area contributed by atoms with E-state index in [-0.39, 0.29) is 0 Å². The summed E-state index contributed by atoms with van der Waals surface area (Å²) in [6.07, 6.45) is 4.62. The molecule has 2 aromatic heterocycles. The second-order valence-electron chi connectivity index (χ2n) is 3.73. The highest BCUT2D eigenvalue weighted by molar-refractivity contribution is 5.74. The summed E-state index contributed by atoms with van der Waals surface area (Å²) in [6, 6.07) is 1.93. The average molecular weight is 204 g/mol. The molecule has 0 aliphatic heterocycles. The van der Waals surface area contributed by atoms with Gasteiger partial charge >= 0.3 is 0 Å². The fraction of sp³-hybridized carbons (Fsp3) is 0.455. The van der Waals surface area contributed by atoms with Gasteiger partial charge in [-0.15, -0.1) is 0 Å². The van der Waals surface area contributed by atoms with E-state index in [1.807, 2.05) is 19.3 Å². The molecule has 80 valence electrons. The Bertz CT molecular complexity index is 457. The molecular formula is C11H16N4. The topological polar surface area (TPSA) is 56.7 Å². The van der Waals surface area contributed by atoms with Crippen LogP contribution in [0.3, 0.4) is 0 Å². The van der Waals surface area contributed by atoms with Crippen LogP contribution in [0.2, 0.25) is 0 Å². The van der Waals surface area contributed by atoms with Gasteiger partial charge in [0.1, 0.15) is 5.82 Å². The molecule has 4 heteroatoms. The van der Waals surface area contributed by atoms with Gasteiger partial charge in [-0.2, -0.15) is 0 Å². The molecule has 1 unspecified atom stereocenters. The first-order chi connectivity index (χ1) is 7.27. The predicted molar refractivity (Wildman–Crippen MR) is 60.6 cm³/mol. The third kappa shape index (κ3) is 1.61. The van der Waals surface area contributed by atoms with Crippen molar-refractivity contribution in [3.8, 4) is 0 Å². The van der Waals surface area contributed by atoms with Gasteiger partial charge in [0.2, 0.25) is 0 Å². The zero-order valence-electron chi connectivity index (χ0n) is 9.14. The molecule has 2 rings (SSSR count). The van der Waals surface area contributed by atoms with Crippen molar-refractivity contribution in [2.45, 2.75) is 19.3 Å². The van der Waals surface area contributed by atoms with Crippen LogP contribution in [0.4, 0.5) is 0 Å². The van der Waals surface area contributed by atoms with Crippen LogP contribution in [-0.4, -0.2) is 21.1 Å². The van der Waals surface area contributed by atoms with Crippen LogP contribution in [0.1, 0.15) is 25.1 Å². The third-order valence-corrected chi connectivity index (χ3v) is 2.86. The summed E-state index contributed by atoms with van der Waals surface area (Å²) < 4.78 is 2.09. The van der Waals surface area contributed by atoms with Crippen LogP contribution in [0.25, 0.3) is 11.0 Å². The number of hydrogen-bond acceptors (Lipinski definition) is 3. The Morgan fingerprint density at radius 1 is 1.53 bits per heavy atom. The summed E-state index contributed by atoms with van der Waals surface area (Å²) in [5.41, 5.74) is 7.80. The lowest BCUT2D eigenvalue weighted by atomic mass is 10.1. The van der Waals surface area contributed by atoms with Crippen LogP contribution < -0.4 is 5.73 Å². The molecule has 0 saturated heterocycles. The second kappa shape index (κ2) is 3.98. The lowest BCUT2D eigenvalue weighted by Gasteiger charge is -2.11. The number of nitrogens with two attached hydrogens (primary N) is 1. The molecule has 0 amide bonds. The molecule has 1 atom stereocenters. The first-order valence-corrected chi connectivity index (χ1v) is 5.24. The zero-order chi connectivity index (χ0) is 10.8. The summed E-state index contributed by atoms with van der Waals surface area (Å²) in [5.74, 6) is 1.39. The molecule has 2 N–H and O–H groups in total. The summed E-state index contributed by atoms with van der Waals surface area (Å²) in [5, 5.41) is 0. The van der Waals surface area contributed by atoms with Crippen LogP contribution in [0.15, 0.2) is 18.5 Å². The molecule has 0 bridgehead atoms. The van der Waals surface area contributed by atoms with E-state index in [4.69, 9.17) is 5.73 Å². The number of aromatic nitrogens is 3. The van der Waals surface area contributed by atoms with E-state index in [0.717, 1.165) is 23.3 Å². The smallest absolute Gasteiger partial charge is 0.114 e. The molecule has 2 aromatic rings. The molecule has 4 nitrogen and oxygen atoms in total. The van der Waals surface area contributed by atoms with Crippen LogP contribution in [-0.2, 0) is 7.05 Å². The Hall–Kier alpha value is -1.42. The van der Waals surface area contributed by atoms with Crippen molar-refractivity contribution in [3.05, 3.63) is 24.3 Å². The van der Waals surface area contributed by atoms with Crippen LogP contribution in [0, 0.1) is 0 Å². The van der Waals surface area contributed by atoms with E-state index in [9.17, 15) is 0 Å². The monoisotopic (exact) mass is 204 g/mol. The maximum Gasteiger partial charge on any atom is 0.114 e. The molecule has 0 aromatic carbocycles. The Balaban J connectivity index is 2.57. The molecule has 0 aliphatic rings. The van der Waals surface area contributed by atoms with Gasteiger partial charge in [-0.25, -0.2) is 4.98 Å². The van der Waals surface area contributed by atoms with Crippen molar-refractivity contribution in [3.63, 3.8) is 0 Å². The molecular weight excluding hydrogens is 188 g/mol. The van der Waals surface area contributed by atoms with E-state index >= 15 is 0 Å². The zero-order valence-corrected chi connectivity index (χ0v) is 9.14. The van der Waals surface area contributed by atoms with Gasteiger partial charge in [-0.1, -0.05) is 6.92 Å². The van der Waals surface area contributed by atoms with Crippen LogP contribution >= 0.6 is 0 Å². The normalized spacial score (nSPS) is 13.3. The standard InChI is InChI=1S/C11H16N4/c1-3-8(6-12)11-14-9-4-5-13-7-10(9)15(11)2/h4-5,7-8H,3,6,12H2,1-2H3. The SMILES string of the molecule is CCC(CN)c1nc2ccncc2n1C. The summed E-state index contributed by atoms with van der Waals surface area (Å²) in [6.45, 7) is 2.77. The molecule has 0 saturated carbocycles. The fourth-order valence-electron chi connectivity index (χ4n) is 1.87. The van der Waals surface area contributed by atoms with Gasteiger partial charge in [0.05, 0.1) is 17.2 Å². The summed E-state index contributed by atoms with van der Waals surface area (Å²) in [4.78, 5) is 8.70. The minimum Gasteiger partial charge on any atom is -0.330 e. The van der Waals surface area contributed by atoms with E-state index in [0.29, 0.717) is 12.5 Å². The highest BCUT2D eigenvalue weighted by Crippen LogP contribution is 2.21. The van der Waals surface area contributed by atoms with E-state index in [2.05, 4.69) is 21.5 Å². The highest BCUT2D eigenvalue weighted by atomic mass is 15.1. The fourth-order valence-corrected chi connectivity index (χ4v) is 1.87.